The second kappa shape index (κ2) is 10.4. The predicted octanol–water partition coefficient (Wildman–Crippen LogP) is 4.11. The molecule has 3 heterocycles. The average Bonchev–Trinajstić information content (AvgIpc) is 3.61. The van der Waals surface area contributed by atoms with Crippen LogP contribution < -0.4 is 15.1 Å². The summed E-state index contributed by atoms with van der Waals surface area (Å²) in [5.41, 5.74) is 4.77. The average molecular weight is 488 g/mol. The number of nitrogens with one attached hydrogen (secondary N) is 1. The molecule has 1 atom stereocenters. The van der Waals surface area contributed by atoms with Gasteiger partial charge in [-0.1, -0.05) is 24.3 Å². The molecule has 180 valence electrons. The molecule has 8 heteroatoms. The zero-order valence-electron chi connectivity index (χ0n) is 19.6. The Morgan fingerprint density at radius 3 is 2.57 bits per heavy atom. The lowest BCUT2D eigenvalue weighted by Gasteiger charge is -2.41. The Hall–Kier alpha value is -3.54. The molecule has 0 aliphatic carbocycles. The number of aliphatic hydroxyl groups is 1. The molecule has 2 saturated heterocycles. The van der Waals surface area contributed by atoms with Crippen LogP contribution in [0.4, 0.5) is 22.0 Å². The van der Waals surface area contributed by atoms with E-state index in [4.69, 9.17) is 6.42 Å². The number of carbonyl (C=O) groups excluding carboxylic acids is 1. The van der Waals surface area contributed by atoms with Gasteiger partial charge in [-0.15, -0.1) is 17.8 Å². The number of nitrogens with zero attached hydrogens (tertiary/aromatic N) is 4. The molecule has 0 unspecified atom stereocenters. The minimum atomic E-state index is -0.314. The summed E-state index contributed by atoms with van der Waals surface area (Å²) >= 11 is 1.31. The van der Waals surface area contributed by atoms with Crippen molar-refractivity contribution in [1.82, 2.24) is 9.88 Å². The number of amides is 2. The van der Waals surface area contributed by atoms with Crippen molar-refractivity contribution in [2.75, 3.05) is 54.4 Å². The van der Waals surface area contributed by atoms with E-state index >= 15 is 0 Å². The van der Waals surface area contributed by atoms with Gasteiger partial charge in [0.1, 0.15) is 5.82 Å². The van der Waals surface area contributed by atoms with Gasteiger partial charge in [0.25, 0.3) is 0 Å². The molecule has 3 aromatic rings. The van der Waals surface area contributed by atoms with Crippen molar-refractivity contribution in [2.24, 2.45) is 0 Å². The van der Waals surface area contributed by atoms with Crippen LogP contribution in [0.3, 0.4) is 0 Å². The van der Waals surface area contributed by atoms with E-state index in [1.807, 2.05) is 0 Å². The van der Waals surface area contributed by atoms with Crippen molar-refractivity contribution >= 4 is 34.6 Å². The lowest BCUT2D eigenvalue weighted by atomic mass is 10.0. The zero-order valence-corrected chi connectivity index (χ0v) is 20.4. The summed E-state index contributed by atoms with van der Waals surface area (Å²) in [6.45, 7) is 3.89. The first-order chi connectivity index (χ1) is 17.1. The normalized spacial score (nSPS) is 17.9. The van der Waals surface area contributed by atoms with Crippen LogP contribution in [0.1, 0.15) is 17.8 Å². The molecule has 2 aliphatic heterocycles. The Labute approximate surface area is 210 Å². The number of thiazole rings is 1. The van der Waals surface area contributed by atoms with E-state index in [-0.39, 0.29) is 18.7 Å². The fourth-order valence-corrected chi connectivity index (χ4v) is 5.37. The molecule has 1 aromatic heterocycles. The molecule has 0 bridgehead atoms. The largest absolute Gasteiger partial charge is 0.394 e. The van der Waals surface area contributed by atoms with Gasteiger partial charge < -0.3 is 19.8 Å². The van der Waals surface area contributed by atoms with Gasteiger partial charge >= 0.3 is 6.03 Å². The van der Waals surface area contributed by atoms with Gasteiger partial charge in [-0.25, -0.2) is 9.78 Å². The Bertz CT molecular complexity index is 1210. The summed E-state index contributed by atoms with van der Waals surface area (Å²) in [4.78, 5) is 23.3. The lowest BCUT2D eigenvalue weighted by Crippen LogP contribution is -2.57. The van der Waals surface area contributed by atoms with Crippen LogP contribution >= 0.6 is 11.3 Å². The second-order valence-corrected chi connectivity index (χ2v) is 9.74. The highest BCUT2D eigenvalue weighted by molar-refractivity contribution is 7.10. The van der Waals surface area contributed by atoms with Crippen LogP contribution in [-0.2, 0) is 0 Å². The van der Waals surface area contributed by atoms with E-state index < -0.39 is 0 Å². The van der Waals surface area contributed by atoms with Crippen molar-refractivity contribution in [3.63, 3.8) is 0 Å². The van der Waals surface area contributed by atoms with E-state index in [0.29, 0.717) is 30.5 Å². The highest BCUT2D eigenvalue weighted by Crippen LogP contribution is 2.29. The number of urea groups is 1. The molecule has 2 aromatic carbocycles. The van der Waals surface area contributed by atoms with Crippen LogP contribution in [0.2, 0.25) is 0 Å². The zero-order chi connectivity index (χ0) is 24.2. The summed E-state index contributed by atoms with van der Waals surface area (Å²) in [6, 6.07) is 16.7. The highest BCUT2D eigenvalue weighted by atomic mass is 32.1. The Morgan fingerprint density at radius 1 is 1.06 bits per heavy atom. The summed E-state index contributed by atoms with van der Waals surface area (Å²) in [6.07, 6.45) is 7.89. The molecule has 2 fully saturated rings. The van der Waals surface area contributed by atoms with Crippen LogP contribution in [0.25, 0.3) is 11.1 Å². The van der Waals surface area contributed by atoms with Gasteiger partial charge in [0.15, 0.2) is 5.01 Å². The Kier molecular flexibility index (Phi) is 6.89. The second-order valence-electron chi connectivity index (χ2n) is 8.88. The van der Waals surface area contributed by atoms with Gasteiger partial charge in [-0.3, -0.25) is 5.32 Å². The topological polar surface area (TPSA) is 71.9 Å². The summed E-state index contributed by atoms with van der Waals surface area (Å²) in [7, 11) is 0. The third kappa shape index (κ3) is 5.11. The molecule has 2 N–H and O–H groups in total. The first kappa shape index (κ1) is 23.2. The fourth-order valence-electron chi connectivity index (χ4n) is 4.81. The molecular formula is C27H29N5O2S. The van der Waals surface area contributed by atoms with Gasteiger partial charge in [0, 0.05) is 49.5 Å². The fraction of sp³-hybridized carbons (Fsp3) is 0.333. The van der Waals surface area contributed by atoms with E-state index in [1.165, 1.54) is 41.0 Å². The number of carbonyl (C=O) groups is 1. The molecule has 7 nitrogen and oxygen atoms in total. The maximum atomic E-state index is 12.8. The number of aliphatic hydroxyl groups excluding tert-OH is 1. The summed E-state index contributed by atoms with van der Waals surface area (Å²) in [5, 5.41) is 15.0. The molecule has 0 saturated carbocycles. The number of rotatable bonds is 5. The predicted molar refractivity (Wildman–Crippen MR) is 142 cm³/mol. The van der Waals surface area contributed by atoms with Crippen molar-refractivity contribution in [3.05, 3.63) is 58.9 Å². The van der Waals surface area contributed by atoms with Crippen LogP contribution in [0.5, 0.6) is 0 Å². The molecule has 0 spiro atoms. The van der Waals surface area contributed by atoms with Crippen molar-refractivity contribution < 1.29 is 9.90 Å². The van der Waals surface area contributed by atoms with Crippen LogP contribution in [-0.4, -0.2) is 66.4 Å². The standard InChI is InChI=1S/C27H29N5O2S/c1-2-26-28-25(19-35-26)29-27(34)32-15-14-31(17-24(32)18-33)22-10-8-20(9-11-22)21-6-5-7-23(16-21)30-12-3-4-13-30/h1,5-11,16,19,24,33H,3-4,12-15,17-18H2,(H,29,34)/t24-/m0/s1. The number of aromatic nitrogens is 1. The van der Waals surface area contributed by atoms with Crippen LogP contribution in [0, 0.1) is 12.3 Å². The molecular weight excluding hydrogens is 458 g/mol. The van der Waals surface area contributed by atoms with Gasteiger partial charge in [-0.05, 0) is 54.2 Å². The van der Waals surface area contributed by atoms with Crippen molar-refractivity contribution in [1.29, 1.82) is 0 Å². The molecule has 35 heavy (non-hydrogen) atoms. The maximum Gasteiger partial charge on any atom is 0.323 e. The van der Waals surface area contributed by atoms with Crippen molar-refractivity contribution in [2.45, 2.75) is 18.9 Å². The number of hydrogen-bond donors (Lipinski definition) is 2. The quantitative estimate of drug-likeness (QED) is 0.530. The number of terminal acetylenes is 1. The first-order valence-electron chi connectivity index (χ1n) is 12.0. The number of anilines is 3. The maximum absolute atomic E-state index is 12.8. The van der Waals surface area contributed by atoms with Gasteiger partial charge in [0.2, 0.25) is 0 Å². The van der Waals surface area contributed by atoms with E-state index in [2.05, 4.69) is 74.6 Å². The Morgan fingerprint density at radius 2 is 1.86 bits per heavy atom. The third-order valence-electron chi connectivity index (χ3n) is 6.70. The molecule has 2 aliphatic rings. The lowest BCUT2D eigenvalue weighted by molar-refractivity contribution is 0.132. The summed E-state index contributed by atoms with van der Waals surface area (Å²) < 4.78 is 0. The molecule has 2 amide bonds. The van der Waals surface area contributed by atoms with Gasteiger partial charge in [-0.2, -0.15) is 0 Å². The van der Waals surface area contributed by atoms with Gasteiger partial charge in [0.05, 0.1) is 12.6 Å². The third-order valence-corrected chi connectivity index (χ3v) is 7.47. The molecule has 0 radical (unpaired) electrons. The summed E-state index contributed by atoms with van der Waals surface area (Å²) in [5.74, 6) is 2.91. The van der Waals surface area contributed by atoms with Crippen LogP contribution in [0.15, 0.2) is 53.9 Å². The Balaban J connectivity index is 1.24. The monoisotopic (exact) mass is 487 g/mol. The van der Waals surface area contributed by atoms with Crippen molar-refractivity contribution in [3.8, 4) is 23.5 Å². The van der Waals surface area contributed by atoms with E-state index in [9.17, 15) is 9.90 Å². The number of benzene rings is 2. The number of piperazine rings is 1. The van der Waals surface area contributed by atoms with E-state index in [0.717, 1.165) is 18.8 Å². The highest BCUT2D eigenvalue weighted by Gasteiger charge is 2.30. The SMILES string of the molecule is C#Cc1nc(NC(=O)N2CCN(c3ccc(-c4cccc(N5CCCC5)c4)cc3)C[C@H]2CO)cs1. The minimum absolute atomic E-state index is 0.113. The number of hydrogen-bond acceptors (Lipinski definition) is 6. The minimum Gasteiger partial charge on any atom is -0.394 e. The smallest absolute Gasteiger partial charge is 0.323 e. The molecule has 5 rings (SSSR count). The first-order valence-corrected chi connectivity index (χ1v) is 12.8. The van der Waals surface area contributed by atoms with E-state index in [1.54, 1.807) is 10.3 Å².